The number of anilines is 1. The number of ether oxygens (including phenoxy) is 1. The maximum atomic E-state index is 13.7. The van der Waals surface area contributed by atoms with Gasteiger partial charge in [0.1, 0.15) is 5.82 Å². The zero-order valence-corrected chi connectivity index (χ0v) is 17.9. The molecular formula is C18H22BrFIN3O. The zero-order chi connectivity index (χ0) is 17.4. The van der Waals surface area contributed by atoms with E-state index in [4.69, 9.17) is 10.5 Å². The fourth-order valence-corrected chi connectivity index (χ4v) is 2.63. The number of rotatable bonds is 7. The highest BCUT2D eigenvalue weighted by Crippen LogP contribution is 2.17. The molecule has 7 heteroatoms. The van der Waals surface area contributed by atoms with E-state index in [-0.39, 0.29) is 29.8 Å². The summed E-state index contributed by atoms with van der Waals surface area (Å²) in [4.78, 5) is 4.29. The number of aliphatic imine (C=N–C) groups is 1. The van der Waals surface area contributed by atoms with Gasteiger partial charge in [-0.25, -0.2) is 4.39 Å². The molecule has 0 fully saturated rings. The van der Waals surface area contributed by atoms with Crippen LogP contribution in [0.1, 0.15) is 17.5 Å². The SMILES string of the molecule is COCc1ccccc1NC(N)=NCCCc1ccc(Br)cc1F.I. The first-order chi connectivity index (χ1) is 11.6. The normalized spacial score (nSPS) is 11.1. The Balaban J connectivity index is 0.00000312. The number of guanidine groups is 1. The van der Waals surface area contributed by atoms with Crippen LogP contribution in [0.2, 0.25) is 0 Å². The minimum atomic E-state index is -0.201. The number of nitrogens with one attached hydrogen (secondary N) is 1. The van der Waals surface area contributed by atoms with Crippen LogP contribution in [-0.4, -0.2) is 19.6 Å². The number of nitrogens with two attached hydrogens (primary N) is 1. The van der Waals surface area contributed by atoms with Gasteiger partial charge in [-0.15, -0.1) is 24.0 Å². The lowest BCUT2D eigenvalue weighted by molar-refractivity contribution is 0.185. The van der Waals surface area contributed by atoms with E-state index < -0.39 is 0 Å². The Bertz CT molecular complexity index is 712. The van der Waals surface area contributed by atoms with Gasteiger partial charge in [-0.1, -0.05) is 40.2 Å². The van der Waals surface area contributed by atoms with Gasteiger partial charge in [-0.3, -0.25) is 4.99 Å². The Labute approximate surface area is 173 Å². The van der Waals surface area contributed by atoms with Gasteiger partial charge in [0.25, 0.3) is 0 Å². The lowest BCUT2D eigenvalue weighted by atomic mass is 10.1. The molecule has 0 aliphatic rings. The maximum absolute atomic E-state index is 13.7. The summed E-state index contributed by atoms with van der Waals surface area (Å²) in [5.74, 6) is 0.141. The second-order valence-corrected chi connectivity index (χ2v) is 6.24. The Morgan fingerprint density at radius 3 is 2.72 bits per heavy atom. The minimum absolute atomic E-state index is 0. The average Bonchev–Trinajstić information content (AvgIpc) is 2.55. The largest absolute Gasteiger partial charge is 0.380 e. The van der Waals surface area contributed by atoms with Crippen molar-refractivity contribution in [3.63, 3.8) is 0 Å². The van der Waals surface area contributed by atoms with Crippen LogP contribution in [0.5, 0.6) is 0 Å². The summed E-state index contributed by atoms with van der Waals surface area (Å²) in [5.41, 5.74) is 8.49. The zero-order valence-electron chi connectivity index (χ0n) is 14.0. The second kappa shape index (κ2) is 11.4. The molecule has 2 aromatic rings. The molecule has 2 aromatic carbocycles. The smallest absolute Gasteiger partial charge is 0.193 e. The number of nitrogens with zero attached hydrogens (tertiary/aromatic N) is 1. The molecule has 0 unspecified atom stereocenters. The Hall–Kier alpha value is -1.19. The van der Waals surface area contributed by atoms with Gasteiger partial charge in [-0.05, 0) is 36.6 Å². The van der Waals surface area contributed by atoms with Crippen molar-refractivity contribution in [3.05, 3.63) is 63.9 Å². The van der Waals surface area contributed by atoms with E-state index in [0.29, 0.717) is 31.1 Å². The van der Waals surface area contributed by atoms with Gasteiger partial charge < -0.3 is 15.8 Å². The van der Waals surface area contributed by atoms with Crippen molar-refractivity contribution in [2.75, 3.05) is 19.0 Å². The van der Waals surface area contributed by atoms with Crippen LogP contribution in [0, 0.1) is 5.82 Å². The fraction of sp³-hybridized carbons (Fsp3) is 0.278. The third kappa shape index (κ3) is 7.29. The molecule has 0 saturated carbocycles. The predicted molar refractivity (Wildman–Crippen MR) is 115 cm³/mol. The summed E-state index contributed by atoms with van der Waals surface area (Å²) in [6, 6.07) is 12.9. The van der Waals surface area contributed by atoms with E-state index in [1.165, 1.54) is 6.07 Å². The Morgan fingerprint density at radius 2 is 2.00 bits per heavy atom. The number of benzene rings is 2. The van der Waals surface area contributed by atoms with Crippen molar-refractivity contribution in [2.45, 2.75) is 19.4 Å². The van der Waals surface area contributed by atoms with Crippen molar-refractivity contribution < 1.29 is 9.13 Å². The summed E-state index contributed by atoms with van der Waals surface area (Å²) in [5, 5.41) is 3.08. The summed E-state index contributed by atoms with van der Waals surface area (Å²) in [7, 11) is 1.65. The molecule has 0 aliphatic carbocycles. The maximum Gasteiger partial charge on any atom is 0.193 e. The number of aryl methyl sites for hydroxylation is 1. The summed E-state index contributed by atoms with van der Waals surface area (Å²) in [6.07, 6.45) is 1.34. The number of para-hydroxylation sites is 1. The van der Waals surface area contributed by atoms with Crippen LogP contribution in [-0.2, 0) is 17.8 Å². The second-order valence-electron chi connectivity index (χ2n) is 5.32. The van der Waals surface area contributed by atoms with Crippen LogP contribution in [0.15, 0.2) is 51.9 Å². The van der Waals surface area contributed by atoms with Gasteiger partial charge in [0, 0.05) is 29.4 Å². The lowest BCUT2D eigenvalue weighted by Gasteiger charge is -2.10. The summed E-state index contributed by atoms with van der Waals surface area (Å²) < 4.78 is 19.6. The first-order valence-corrected chi connectivity index (χ1v) is 8.47. The van der Waals surface area contributed by atoms with E-state index in [1.54, 1.807) is 13.2 Å². The van der Waals surface area contributed by atoms with Crippen LogP contribution in [0.4, 0.5) is 10.1 Å². The molecule has 25 heavy (non-hydrogen) atoms. The fourth-order valence-electron chi connectivity index (χ4n) is 2.29. The highest BCUT2D eigenvalue weighted by molar-refractivity contribution is 14.0. The van der Waals surface area contributed by atoms with E-state index in [9.17, 15) is 4.39 Å². The number of hydrogen-bond donors (Lipinski definition) is 2. The van der Waals surface area contributed by atoms with Crippen LogP contribution in [0.3, 0.4) is 0 Å². The van der Waals surface area contributed by atoms with Gasteiger partial charge in [-0.2, -0.15) is 0 Å². The van der Waals surface area contributed by atoms with E-state index in [0.717, 1.165) is 22.1 Å². The average molecular weight is 522 g/mol. The van der Waals surface area contributed by atoms with Gasteiger partial charge in [0.15, 0.2) is 5.96 Å². The summed E-state index contributed by atoms with van der Waals surface area (Å²) in [6.45, 7) is 1.03. The third-order valence-electron chi connectivity index (χ3n) is 3.48. The lowest BCUT2D eigenvalue weighted by Crippen LogP contribution is -2.23. The number of halogens is 3. The Kier molecular flexibility index (Phi) is 9.99. The quantitative estimate of drug-likeness (QED) is 0.240. The third-order valence-corrected chi connectivity index (χ3v) is 3.97. The molecule has 0 radical (unpaired) electrons. The predicted octanol–water partition coefficient (Wildman–Crippen LogP) is 4.71. The van der Waals surface area contributed by atoms with Crippen molar-refractivity contribution in [3.8, 4) is 0 Å². The molecular weight excluding hydrogens is 500 g/mol. The molecule has 136 valence electrons. The molecule has 4 nitrogen and oxygen atoms in total. The first-order valence-electron chi connectivity index (χ1n) is 7.68. The van der Waals surface area contributed by atoms with Crippen molar-refractivity contribution >= 4 is 51.6 Å². The molecule has 0 aromatic heterocycles. The van der Waals surface area contributed by atoms with Crippen LogP contribution in [0.25, 0.3) is 0 Å². The molecule has 0 aliphatic heterocycles. The van der Waals surface area contributed by atoms with Gasteiger partial charge in [0.2, 0.25) is 0 Å². The standard InChI is InChI=1S/C18H21BrFN3O.HI/c1-24-12-14-5-2-3-7-17(14)23-18(21)22-10-4-6-13-8-9-15(19)11-16(13)20;/h2-3,5,7-9,11H,4,6,10,12H2,1H3,(H3,21,22,23);1H. The van der Waals surface area contributed by atoms with E-state index in [1.807, 2.05) is 30.3 Å². The van der Waals surface area contributed by atoms with Crippen LogP contribution >= 0.6 is 39.9 Å². The van der Waals surface area contributed by atoms with Crippen molar-refractivity contribution in [2.24, 2.45) is 10.7 Å². The number of hydrogen-bond acceptors (Lipinski definition) is 2. The van der Waals surface area contributed by atoms with Crippen LogP contribution < -0.4 is 11.1 Å². The van der Waals surface area contributed by atoms with Crippen molar-refractivity contribution in [1.29, 1.82) is 0 Å². The first kappa shape index (κ1) is 21.9. The minimum Gasteiger partial charge on any atom is -0.380 e. The van der Waals surface area contributed by atoms with Gasteiger partial charge in [0.05, 0.1) is 6.61 Å². The Morgan fingerprint density at radius 1 is 1.24 bits per heavy atom. The molecule has 0 amide bonds. The molecule has 0 bridgehead atoms. The van der Waals surface area contributed by atoms with E-state index in [2.05, 4.69) is 26.2 Å². The van der Waals surface area contributed by atoms with Gasteiger partial charge >= 0.3 is 0 Å². The molecule has 2 rings (SSSR count). The highest BCUT2D eigenvalue weighted by atomic mass is 127. The topological polar surface area (TPSA) is 59.6 Å². The monoisotopic (exact) mass is 521 g/mol. The number of methoxy groups -OCH3 is 1. The summed E-state index contributed by atoms with van der Waals surface area (Å²) >= 11 is 3.25. The molecule has 0 heterocycles. The molecule has 0 atom stereocenters. The molecule has 0 saturated heterocycles. The molecule has 0 spiro atoms. The highest BCUT2D eigenvalue weighted by Gasteiger charge is 2.04. The van der Waals surface area contributed by atoms with Crippen molar-refractivity contribution in [1.82, 2.24) is 0 Å². The van der Waals surface area contributed by atoms with E-state index >= 15 is 0 Å². The molecule has 3 N–H and O–H groups in total.